The van der Waals surface area contributed by atoms with Crippen LogP contribution in [0.2, 0.25) is 5.02 Å². The summed E-state index contributed by atoms with van der Waals surface area (Å²) in [5, 5.41) is 9.11. The number of carbonyl (C=O) groups is 2. The van der Waals surface area contributed by atoms with Crippen LogP contribution < -0.4 is 0 Å². The number of aromatic nitrogens is 1. The van der Waals surface area contributed by atoms with Gasteiger partial charge in [0.2, 0.25) is 0 Å². The van der Waals surface area contributed by atoms with Crippen molar-refractivity contribution in [1.29, 1.82) is 0 Å². The fourth-order valence-corrected chi connectivity index (χ4v) is 1.64. The fraction of sp³-hybridized carbons (Fsp3) is 0.400. The molecule has 1 heterocycles. The Morgan fingerprint density at radius 2 is 2.19 bits per heavy atom. The highest BCUT2D eigenvalue weighted by atomic mass is 35.5. The van der Waals surface area contributed by atoms with E-state index in [1.807, 2.05) is 0 Å². The predicted molar refractivity (Wildman–Crippen MR) is 59.6 cm³/mol. The van der Waals surface area contributed by atoms with Crippen LogP contribution in [0.3, 0.4) is 0 Å². The average Bonchev–Trinajstić information content (AvgIpc) is 2.53. The van der Waals surface area contributed by atoms with Crippen LogP contribution in [0.4, 0.5) is 0 Å². The zero-order chi connectivity index (χ0) is 12.3. The largest absolute Gasteiger partial charge is 0.480 e. The Hall–Kier alpha value is -1.49. The highest BCUT2D eigenvalue weighted by molar-refractivity contribution is 6.31. The van der Waals surface area contributed by atoms with Crippen LogP contribution in [0.15, 0.2) is 12.3 Å². The summed E-state index contributed by atoms with van der Waals surface area (Å²) >= 11 is 5.76. The first kappa shape index (κ1) is 12.6. The molecule has 1 amide bonds. The van der Waals surface area contributed by atoms with E-state index < -0.39 is 5.97 Å². The van der Waals surface area contributed by atoms with Gasteiger partial charge in [-0.15, -0.1) is 0 Å². The first-order chi connectivity index (χ1) is 7.45. The monoisotopic (exact) mass is 244 g/mol. The fourth-order valence-electron chi connectivity index (χ4n) is 1.39. The van der Waals surface area contributed by atoms with Gasteiger partial charge in [0.05, 0.1) is 5.02 Å². The number of hydrogen-bond acceptors (Lipinski definition) is 2. The molecule has 0 aliphatic rings. The van der Waals surface area contributed by atoms with E-state index in [0.717, 1.165) is 0 Å². The minimum atomic E-state index is -1.03. The van der Waals surface area contributed by atoms with Crippen LogP contribution in [-0.2, 0) is 11.8 Å². The highest BCUT2D eigenvalue weighted by Gasteiger charge is 2.19. The molecule has 0 aliphatic carbocycles. The van der Waals surface area contributed by atoms with Crippen LogP contribution >= 0.6 is 11.6 Å². The van der Waals surface area contributed by atoms with Crippen molar-refractivity contribution in [2.75, 3.05) is 13.1 Å². The molecule has 0 aromatic carbocycles. The lowest BCUT2D eigenvalue weighted by molar-refractivity contribution is -0.137. The Kier molecular flexibility index (Phi) is 3.95. The number of nitrogens with zero attached hydrogens (tertiary/aromatic N) is 2. The number of aliphatic carboxylic acids is 1. The molecule has 5 nitrogen and oxygen atoms in total. The molecule has 1 aromatic rings. The summed E-state index contributed by atoms with van der Waals surface area (Å²) in [4.78, 5) is 23.7. The zero-order valence-corrected chi connectivity index (χ0v) is 9.86. The lowest BCUT2D eigenvalue weighted by atomic mass is 10.3. The Labute approximate surface area is 98.2 Å². The van der Waals surface area contributed by atoms with Crippen LogP contribution in [-0.4, -0.2) is 39.5 Å². The molecule has 88 valence electrons. The maximum Gasteiger partial charge on any atom is 0.323 e. The third kappa shape index (κ3) is 2.76. The molecule has 1 aromatic heterocycles. The molecule has 1 rings (SSSR count). The highest BCUT2D eigenvalue weighted by Crippen LogP contribution is 2.14. The molecular weight excluding hydrogens is 232 g/mol. The molecule has 0 fully saturated rings. The summed E-state index contributed by atoms with van der Waals surface area (Å²) in [7, 11) is 1.69. The van der Waals surface area contributed by atoms with Crippen LogP contribution in [0.25, 0.3) is 0 Å². The first-order valence-corrected chi connectivity index (χ1v) is 5.16. The van der Waals surface area contributed by atoms with E-state index in [1.165, 1.54) is 11.0 Å². The van der Waals surface area contributed by atoms with Gasteiger partial charge in [-0.25, -0.2) is 0 Å². The molecule has 0 radical (unpaired) electrons. The summed E-state index contributed by atoms with van der Waals surface area (Å²) in [5.74, 6) is -1.37. The Morgan fingerprint density at radius 3 is 2.56 bits per heavy atom. The van der Waals surface area contributed by atoms with Crippen LogP contribution in [0, 0.1) is 0 Å². The Morgan fingerprint density at radius 1 is 1.56 bits per heavy atom. The maximum absolute atomic E-state index is 11.9. The van der Waals surface area contributed by atoms with Gasteiger partial charge in [-0.2, -0.15) is 0 Å². The second-order valence-electron chi connectivity index (χ2n) is 3.37. The quantitative estimate of drug-likeness (QED) is 0.866. The molecule has 0 unspecified atom stereocenters. The Balaban J connectivity index is 2.91. The number of rotatable bonds is 4. The minimum absolute atomic E-state index is 0.307. The third-order valence-electron chi connectivity index (χ3n) is 2.19. The zero-order valence-electron chi connectivity index (χ0n) is 9.11. The van der Waals surface area contributed by atoms with E-state index in [0.29, 0.717) is 17.3 Å². The average molecular weight is 245 g/mol. The molecular formula is C10H13ClN2O3. The van der Waals surface area contributed by atoms with Gasteiger partial charge in [0, 0.05) is 19.8 Å². The van der Waals surface area contributed by atoms with Gasteiger partial charge < -0.3 is 14.6 Å². The topological polar surface area (TPSA) is 62.5 Å². The number of carboxylic acid groups (broad SMARTS) is 1. The summed E-state index contributed by atoms with van der Waals surface area (Å²) in [6.07, 6.45) is 1.60. The number of halogens is 1. The normalized spacial score (nSPS) is 10.2. The molecule has 6 heteroatoms. The lowest BCUT2D eigenvalue weighted by Gasteiger charge is -2.18. The van der Waals surface area contributed by atoms with E-state index >= 15 is 0 Å². The molecule has 0 saturated carbocycles. The molecule has 0 spiro atoms. The summed E-state index contributed by atoms with van der Waals surface area (Å²) < 4.78 is 1.58. The maximum atomic E-state index is 11.9. The van der Waals surface area contributed by atoms with Gasteiger partial charge in [0.15, 0.2) is 0 Å². The number of carboxylic acids is 1. The number of amides is 1. The first-order valence-electron chi connectivity index (χ1n) is 4.78. The van der Waals surface area contributed by atoms with E-state index in [4.69, 9.17) is 16.7 Å². The van der Waals surface area contributed by atoms with E-state index in [-0.39, 0.29) is 12.5 Å². The Bertz CT molecular complexity index is 414. The number of hydrogen-bond donors (Lipinski definition) is 1. The van der Waals surface area contributed by atoms with Crippen molar-refractivity contribution >= 4 is 23.5 Å². The van der Waals surface area contributed by atoms with Crippen molar-refractivity contribution in [1.82, 2.24) is 9.47 Å². The molecule has 0 aliphatic heterocycles. The van der Waals surface area contributed by atoms with E-state index in [2.05, 4.69) is 0 Å². The van der Waals surface area contributed by atoms with Gasteiger partial charge in [0.25, 0.3) is 5.91 Å². The van der Waals surface area contributed by atoms with Crippen molar-refractivity contribution in [2.24, 2.45) is 7.05 Å². The van der Waals surface area contributed by atoms with Crippen molar-refractivity contribution in [3.8, 4) is 0 Å². The third-order valence-corrected chi connectivity index (χ3v) is 2.39. The standard InChI is InChI=1S/C10H13ClN2O3/c1-3-13(6-9(14)15)10(16)8-4-7(11)5-12(8)2/h4-5H,3,6H2,1-2H3,(H,14,15). The van der Waals surface area contributed by atoms with Crippen molar-refractivity contribution in [3.05, 3.63) is 23.0 Å². The van der Waals surface area contributed by atoms with Crippen LogP contribution in [0.5, 0.6) is 0 Å². The van der Waals surface area contributed by atoms with Gasteiger partial charge in [-0.1, -0.05) is 11.6 Å². The molecule has 0 saturated heterocycles. The van der Waals surface area contributed by atoms with Crippen molar-refractivity contribution < 1.29 is 14.7 Å². The molecule has 0 atom stereocenters. The smallest absolute Gasteiger partial charge is 0.323 e. The number of likely N-dealkylation sites (N-methyl/N-ethyl adjacent to an activating group) is 1. The van der Waals surface area contributed by atoms with E-state index in [1.54, 1.807) is 24.7 Å². The minimum Gasteiger partial charge on any atom is -0.480 e. The second-order valence-corrected chi connectivity index (χ2v) is 3.80. The summed E-state index contributed by atoms with van der Waals surface area (Å²) in [6, 6.07) is 1.52. The SMILES string of the molecule is CCN(CC(=O)O)C(=O)c1cc(Cl)cn1C. The summed E-state index contributed by atoms with van der Waals surface area (Å²) in [6.45, 7) is 1.76. The van der Waals surface area contributed by atoms with Gasteiger partial charge in [-0.3, -0.25) is 9.59 Å². The second kappa shape index (κ2) is 5.03. The van der Waals surface area contributed by atoms with Gasteiger partial charge >= 0.3 is 5.97 Å². The lowest BCUT2D eigenvalue weighted by Crippen LogP contribution is -2.36. The molecule has 16 heavy (non-hydrogen) atoms. The summed E-state index contributed by atoms with van der Waals surface area (Å²) in [5.41, 5.74) is 0.383. The molecule has 1 N–H and O–H groups in total. The number of aryl methyl sites for hydroxylation is 1. The van der Waals surface area contributed by atoms with Gasteiger partial charge in [0.1, 0.15) is 12.2 Å². The predicted octanol–water partition coefficient (Wildman–Crippen LogP) is 1.23. The van der Waals surface area contributed by atoms with E-state index in [9.17, 15) is 9.59 Å². The van der Waals surface area contributed by atoms with Gasteiger partial charge in [-0.05, 0) is 13.0 Å². The number of carbonyl (C=O) groups excluding carboxylic acids is 1. The van der Waals surface area contributed by atoms with Crippen LogP contribution in [0.1, 0.15) is 17.4 Å². The van der Waals surface area contributed by atoms with Crippen molar-refractivity contribution in [3.63, 3.8) is 0 Å². The molecule has 0 bridgehead atoms. The van der Waals surface area contributed by atoms with Crippen molar-refractivity contribution in [2.45, 2.75) is 6.92 Å².